The maximum atomic E-state index is 13.4. The molecule has 1 aliphatic heterocycles. The van der Waals surface area contributed by atoms with Crippen molar-refractivity contribution in [3.05, 3.63) is 95.8 Å². The summed E-state index contributed by atoms with van der Waals surface area (Å²) < 4.78 is 9.06. The lowest BCUT2D eigenvalue weighted by Gasteiger charge is -2.34. The van der Waals surface area contributed by atoms with Crippen LogP contribution in [0.5, 0.6) is 5.75 Å². The van der Waals surface area contributed by atoms with Crippen LogP contribution < -0.4 is 4.74 Å². The Labute approximate surface area is 180 Å². The van der Waals surface area contributed by atoms with Gasteiger partial charge < -0.3 is 14.2 Å². The molecule has 4 aromatic rings. The van der Waals surface area contributed by atoms with Crippen molar-refractivity contribution in [1.29, 1.82) is 0 Å². The Hall–Kier alpha value is -3.87. The van der Waals surface area contributed by atoms with Crippen molar-refractivity contribution in [2.24, 2.45) is 7.05 Å². The molecule has 7 nitrogen and oxygen atoms in total. The van der Waals surface area contributed by atoms with E-state index in [1.807, 2.05) is 59.2 Å². The molecule has 0 saturated heterocycles. The van der Waals surface area contributed by atoms with E-state index in [0.717, 1.165) is 22.6 Å². The largest absolute Gasteiger partial charge is 0.495 e. The van der Waals surface area contributed by atoms with E-state index in [2.05, 4.69) is 28.3 Å². The number of hydrogen-bond acceptors (Lipinski definition) is 4. The number of carbonyl (C=O) groups is 1. The number of ether oxygens (including phenoxy) is 1. The van der Waals surface area contributed by atoms with Gasteiger partial charge in [0.05, 0.1) is 19.0 Å². The number of rotatable bonds is 4. The van der Waals surface area contributed by atoms with E-state index in [0.29, 0.717) is 18.8 Å². The number of para-hydroxylation sites is 2. The number of carbonyl (C=O) groups excluding carboxylic acids is 1. The van der Waals surface area contributed by atoms with E-state index < -0.39 is 0 Å². The summed E-state index contributed by atoms with van der Waals surface area (Å²) in [5.74, 6) is 0.721. The molecule has 0 fully saturated rings. The first-order chi connectivity index (χ1) is 15.1. The van der Waals surface area contributed by atoms with Crippen LogP contribution >= 0.6 is 0 Å². The zero-order valence-corrected chi connectivity index (χ0v) is 17.5. The van der Waals surface area contributed by atoms with Gasteiger partial charge in [-0.15, -0.1) is 0 Å². The Morgan fingerprint density at radius 3 is 2.71 bits per heavy atom. The highest BCUT2D eigenvalue weighted by atomic mass is 16.5. The molecule has 5 rings (SSSR count). The molecule has 1 unspecified atom stereocenters. The molecule has 0 N–H and O–H groups in total. The standard InChI is InChI=1S/C24H23N5O2/c1-27-12-18(11-26-27)20-14-28(13-17-7-3-4-8-19(17)20)24(30)21-15-29(16-25-21)22-9-5-6-10-23(22)31-2/h3-12,15-16,20H,13-14H2,1-2H3. The number of fused-ring (bicyclic) bond motifs is 1. The first kappa shape index (κ1) is 19.1. The first-order valence-corrected chi connectivity index (χ1v) is 10.2. The Morgan fingerprint density at radius 1 is 1.10 bits per heavy atom. The van der Waals surface area contributed by atoms with Crippen molar-refractivity contribution in [2.75, 3.05) is 13.7 Å². The van der Waals surface area contributed by atoms with Crippen LogP contribution in [-0.4, -0.2) is 43.8 Å². The second kappa shape index (κ2) is 7.75. The van der Waals surface area contributed by atoms with Gasteiger partial charge in [0.1, 0.15) is 17.8 Å². The molecule has 2 aromatic carbocycles. The molecule has 7 heteroatoms. The number of hydrogen-bond donors (Lipinski definition) is 0. The predicted molar refractivity (Wildman–Crippen MR) is 116 cm³/mol. The highest BCUT2D eigenvalue weighted by Gasteiger charge is 2.31. The Kier molecular flexibility index (Phi) is 4.78. The molecular weight excluding hydrogens is 390 g/mol. The van der Waals surface area contributed by atoms with Gasteiger partial charge in [-0.2, -0.15) is 5.10 Å². The maximum absolute atomic E-state index is 13.4. The summed E-state index contributed by atoms with van der Waals surface area (Å²) in [7, 11) is 3.54. The molecule has 1 aliphatic rings. The fourth-order valence-electron chi connectivity index (χ4n) is 4.24. The molecule has 2 aromatic heterocycles. The van der Waals surface area contributed by atoms with Crippen molar-refractivity contribution in [1.82, 2.24) is 24.2 Å². The van der Waals surface area contributed by atoms with E-state index in [-0.39, 0.29) is 11.8 Å². The second-order valence-electron chi connectivity index (χ2n) is 7.72. The molecule has 0 spiro atoms. The first-order valence-electron chi connectivity index (χ1n) is 10.2. The number of aryl methyl sites for hydroxylation is 1. The van der Waals surface area contributed by atoms with Crippen LogP contribution in [0, 0.1) is 0 Å². The third-order valence-electron chi connectivity index (χ3n) is 5.77. The van der Waals surface area contributed by atoms with Gasteiger partial charge in [-0.25, -0.2) is 4.98 Å². The number of imidazole rings is 1. The fourth-order valence-corrected chi connectivity index (χ4v) is 4.24. The summed E-state index contributed by atoms with van der Waals surface area (Å²) in [5.41, 5.74) is 4.76. The Balaban J connectivity index is 1.46. The molecule has 1 amide bonds. The quantitative estimate of drug-likeness (QED) is 0.514. The lowest BCUT2D eigenvalue weighted by Crippen LogP contribution is -2.38. The number of methoxy groups -OCH3 is 1. The normalized spacial score (nSPS) is 15.5. The average Bonchev–Trinajstić information content (AvgIpc) is 3.47. The van der Waals surface area contributed by atoms with Crippen molar-refractivity contribution < 1.29 is 9.53 Å². The van der Waals surface area contributed by atoms with E-state index >= 15 is 0 Å². The van der Waals surface area contributed by atoms with Crippen molar-refractivity contribution in [2.45, 2.75) is 12.5 Å². The van der Waals surface area contributed by atoms with Crippen LogP contribution in [0.1, 0.15) is 33.1 Å². The monoisotopic (exact) mass is 413 g/mol. The minimum atomic E-state index is -0.0861. The molecule has 156 valence electrons. The summed E-state index contributed by atoms with van der Waals surface area (Å²) in [6.45, 7) is 1.15. The van der Waals surface area contributed by atoms with E-state index in [1.54, 1.807) is 24.3 Å². The van der Waals surface area contributed by atoms with Crippen molar-refractivity contribution in [3.8, 4) is 11.4 Å². The topological polar surface area (TPSA) is 65.2 Å². The lowest BCUT2D eigenvalue weighted by atomic mass is 9.86. The van der Waals surface area contributed by atoms with Crippen LogP contribution in [0.2, 0.25) is 0 Å². The summed E-state index contributed by atoms with van der Waals surface area (Å²) in [4.78, 5) is 19.7. The van der Waals surface area contributed by atoms with Gasteiger partial charge in [0.15, 0.2) is 0 Å². The van der Waals surface area contributed by atoms with Crippen LogP contribution in [-0.2, 0) is 13.6 Å². The van der Waals surface area contributed by atoms with Crippen molar-refractivity contribution in [3.63, 3.8) is 0 Å². The third-order valence-corrected chi connectivity index (χ3v) is 5.77. The van der Waals surface area contributed by atoms with Gasteiger partial charge in [-0.1, -0.05) is 36.4 Å². The van der Waals surface area contributed by atoms with E-state index in [1.165, 1.54) is 5.56 Å². The van der Waals surface area contributed by atoms with Crippen molar-refractivity contribution >= 4 is 5.91 Å². The molecule has 0 bridgehead atoms. The number of nitrogens with zero attached hydrogens (tertiary/aromatic N) is 5. The van der Waals surface area contributed by atoms with Crippen LogP contribution in [0.25, 0.3) is 5.69 Å². The summed E-state index contributed by atoms with van der Waals surface area (Å²) in [5, 5.41) is 4.33. The number of amides is 1. The predicted octanol–water partition coefficient (Wildman–Crippen LogP) is 3.40. The molecule has 31 heavy (non-hydrogen) atoms. The van der Waals surface area contributed by atoms with Gasteiger partial charge in [-0.05, 0) is 28.8 Å². The van der Waals surface area contributed by atoms with Crippen LogP contribution in [0.4, 0.5) is 0 Å². The number of aromatic nitrogens is 4. The molecule has 1 atom stereocenters. The smallest absolute Gasteiger partial charge is 0.274 e. The minimum absolute atomic E-state index is 0.0823. The SMILES string of the molecule is COc1ccccc1-n1cnc(C(=O)N2Cc3ccccc3C(c3cnn(C)c3)C2)c1. The molecule has 0 saturated carbocycles. The summed E-state index contributed by atoms with van der Waals surface area (Å²) in [6, 6.07) is 16.0. The maximum Gasteiger partial charge on any atom is 0.274 e. The van der Waals surface area contributed by atoms with Gasteiger partial charge in [-0.3, -0.25) is 9.48 Å². The average molecular weight is 413 g/mol. The second-order valence-corrected chi connectivity index (χ2v) is 7.72. The summed E-state index contributed by atoms with van der Waals surface area (Å²) in [6.07, 6.45) is 7.32. The Morgan fingerprint density at radius 2 is 1.90 bits per heavy atom. The third kappa shape index (κ3) is 3.48. The highest BCUT2D eigenvalue weighted by Crippen LogP contribution is 2.34. The number of benzene rings is 2. The molecule has 0 radical (unpaired) electrons. The van der Waals surface area contributed by atoms with Gasteiger partial charge in [0, 0.05) is 38.4 Å². The van der Waals surface area contributed by atoms with Crippen LogP contribution in [0.15, 0.2) is 73.4 Å². The molecular formula is C24H23N5O2. The lowest BCUT2D eigenvalue weighted by molar-refractivity contribution is 0.0719. The Bertz CT molecular complexity index is 1240. The molecule has 0 aliphatic carbocycles. The van der Waals surface area contributed by atoms with Gasteiger partial charge in [0.2, 0.25) is 0 Å². The highest BCUT2D eigenvalue weighted by molar-refractivity contribution is 5.92. The van der Waals surface area contributed by atoms with Gasteiger partial charge >= 0.3 is 0 Å². The van der Waals surface area contributed by atoms with E-state index in [9.17, 15) is 4.79 Å². The summed E-state index contributed by atoms with van der Waals surface area (Å²) >= 11 is 0. The fraction of sp³-hybridized carbons (Fsp3) is 0.208. The van der Waals surface area contributed by atoms with E-state index in [4.69, 9.17) is 4.74 Å². The van der Waals surface area contributed by atoms with Gasteiger partial charge in [0.25, 0.3) is 5.91 Å². The minimum Gasteiger partial charge on any atom is -0.495 e. The zero-order chi connectivity index (χ0) is 21.4. The van der Waals surface area contributed by atoms with Crippen LogP contribution in [0.3, 0.4) is 0 Å². The molecule has 3 heterocycles. The zero-order valence-electron chi connectivity index (χ0n) is 17.5.